The summed E-state index contributed by atoms with van der Waals surface area (Å²) < 4.78 is 16.5. The van der Waals surface area contributed by atoms with Gasteiger partial charge in [0.05, 0.1) is 14.2 Å². The molecule has 5 nitrogen and oxygen atoms in total. The summed E-state index contributed by atoms with van der Waals surface area (Å²) >= 11 is 0. The van der Waals surface area contributed by atoms with Crippen molar-refractivity contribution in [1.82, 2.24) is 4.90 Å². The van der Waals surface area contributed by atoms with Gasteiger partial charge >= 0.3 is 5.63 Å². The molecule has 0 amide bonds. The van der Waals surface area contributed by atoms with Crippen LogP contribution < -0.4 is 15.1 Å². The number of hydrogen-bond acceptors (Lipinski definition) is 5. The first-order chi connectivity index (χ1) is 14.1. The van der Waals surface area contributed by atoms with Crippen molar-refractivity contribution in [3.8, 4) is 11.5 Å². The molecular formula is C24H27NO4. The maximum Gasteiger partial charge on any atom is 0.336 e. The number of nitrogens with zero attached hydrogens (tertiary/aromatic N) is 1. The van der Waals surface area contributed by atoms with Gasteiger partial charge < -0.3 is 13.9 Å². The third kappa shape index (κ3) is 3.87. The summed E-state index contributed by atoms with van der Waals surface area (Å²) in [6, 6.07) is 14.0. The van der Waals surface area contributed by atoms with E-state index >= 15 is 0 Å². The summed E-state index contributed by atoms with van der Waals surface area (Å²) in [5, 5.41) is 1.00. The number of benzene rings is 2. The summed E-state index contributed by atoms with van der Waals surface area (Å²) in [7, 11) is 3.38. The fourth-order valence-corrected chi connectivity index (χ4v) is 4.31. The standard InChI is InChI=1S/C24H27NO4/c1-4-16-7-9-19-17(13-24(26)29-23(19)12-16)15-25-11-5-6-21(25)20-14-18(27-2)8-10-22(20)28-3/h7-10,12-14,21H,4-6,11,15H2,1-3H3/t21-/m1/s1. The summed E-state index contributed by atoms with van der Waals surface area (Å²) in [5.74, 6) is 1.69. The van der Waals surface area contributed by atoms with Gasteiger partial charge in [-0.1, -0.05) is 19.1 Å². The molecule has 1 atom stereocenters. The van der Waals surface area contributed by atoms with Gasteiger partial charge in [0.2, 0.25) is 0 Å². The fraction of sp³-hybridized carbons (Fsp3) is 0.375. The first-order valence-corrected chi connectivity index (χ1v) is 10.1. The second kappa shape index (κ2) is 8.29. The normalized spacial score (nSPS) is 17.0. The molecule has 0 saturated carbocycles. The van der Waals surface area contributed by atoms with Crippen LogP contribution in [-0.4, -0.2) is 25.7 Å². The van der Waals surface area contributed by atoms with Gasteiger partial charge in [-0.05, 0) is 61.2 Å². The number of hydrogen-bond donors (Lipinski definition) is 0. The molecule has 29 heavy (non-hydrogen) atoms. The predicted molar refractivity (Wildman–Crippen MR) is 114 cm³/mol. The van der Waals surface area contributed by atoms with Gasteiger partial charge in [-0.3, -0.25) is 4.90 Å². The zero-order chi connectivity index (χ0) is 20.4. The smallest absolute Gasteiger partial charge is 0.336 e. The molecule has 0 bridgehead atoms. The zero-order valence-electron chi connectivity index (χ0n) is 17.2. The van der Waals surface area contributed by atoms with E-state index in [2.05, 4.69) is 30.0 Å². The van der Waals surface area contributed by atoms with Crippen LogP contribution in [0.3, 0.4) is 0 Å². The van der Waals surface area contributed by atoms with Crippen LogP contribution in [0.2, 0.25) is 0 Å². The molecule has 0 radical (unpaired) electrons. The molecule has 3 aromatic rings. The van der Waals surface area contributed by atoms with E-state index < -0.39 is 0 Å². The van der Waals surface area contributed by atoms with Crippen LogP contribution in [-0.2, 0) is 13.0 Å². The average Bonchev–Trinajstić information content (AvgIpc) is 3.20. The molecule has 0 unspecified atom stereocenters. The first kappa shape index (κ1) is 19.5. The summed E-state index contributed by atoms with van der Waals surface area (Å²) in [5.41, 5.74) is 3.67. The molecule has 2 aromatic carbocycles. The van der Waals surface area contributed by atoms with Crippen molar-refractivity contribution in [1.29, 1.82) is 0 Å². The Morgan fingerprint density at radius 3 is 2.72 bits per heavy atom. The third-order valence-electron chi connectivity index (χ3n) is 5.84. The highest BCUT2D eigenvalue weighted by Gasteiger charge is 2.29. The van der Waals surface area contributed by atoms with Crippen LogP contribution >= 0.6 is 0 Å². The van der Waals surface area contributed by atoms with Crippen molar-refractivity contribution < 1.29 is 13.9 Å². The lowest BCUT2D eigenvalue weighted by molar-refractivity contribution is 0.243. The van der Waals surface area contributed by atoms with E-state index in [1.54, 1.807) is 20.3 Å². The predicted octanol–water partition coefficient (Wildman–Crippen LogP) is 4.71. The Bertz CT molecular complexity index is 1070. The van der Waals surface area contributed by atoms with E-state index in [0.29, 0.717) is 12.1 Å². The van der Waals surface area contributed by atoms with Crippen molar-refractivity contribution >= 4 is 11.0 Å². The van der Waals surface area contributed by atoms with E-state index in [9.17, 15) is 4.79 Å². The van der Waals surface area contributed by atoms with Crippen molar-refractivity contribution in [2.45, 2.75) is 38.8 Å². The van der Waals surface area contributed by atoms with Crippen LogP contribution in [0.15, 0.2) is 51.7 Å². The molecule has 0 N–H and O–H groups in total. The minimum absolute atomic E-state index is 0.220. The molecule has 0 aliphatic carbocycles. The Labute approximate surface area is 170 Å². The highest BCUT2D eigenvalue weighted by molar-refractivity contribution is 5.80. The number of aryl methyl sites for hydroxylation is 1. The molecule has 5 heteroatoms. The van der Waals surface area contributed by atoms with E-state index in [4.69, 9.17) is 13.9 Å². The molecule has 2 heterocycles. The monoisotopic (exact) mass is 393 g/mol. The Balaban J connectivity index is 1.70. The van der Waals surface area contributed by atoms with E-state index in [-0.39, 0.29) is 11.7 Å². The van der Waals surface area contributed by atoms with E-state index in [0.717, 1.165) is 59.4 Å². The van der Waals surface area contributed by atoms with Crippen molar-refractivity contribution in [2.24, 2.45) is 0 Å². The van der Waals surface area contributed by atoms with Crippen LogP contribution in [0, 0.1) is 0 Å². The molecule has 1 fully saturated rings. The summed E-state index contributed by atoms with van der Waals surface area (Å²) in [4.78, 5) is 14.6. The summed E-state index contributed by atoms with van der Waals surface area (Å²) in [6.45, 7) is 3.76. The van der Waals surface area contributed by atoms with E-state index in [1.807, 2.05) is 18.2 Å². The van der Waals surface area contributed by atoms with Gasteiger partial charge in [-0.2, -0.15) is 0 Å². The van der Waals surface area contributed by atoms with Crippen molar-refractivity contribution in [3.63, 3.8) is 0 Å². The number of likely N-dealkylation sites (tertiary alicyclic amines) is 1. The van der Waals surface area contributed by atoms with Crippen LogP contribution in [0.4, 0.5) is 0 Å². The maximum absolute atomic E-state index is 12.2. The van der Waals surface area contributed by atoms with Gasteiger partial charge in [-0.15, -0.1) is 0 Å². The third-order valence-corrected chi connectivity index (χ3v) is 5.84. The number of rotatable bonds is 6. The molecule has 0 spiro atoms. The molecule has 1 saturated heterocycles. The minimum atomic E-state index is -0.296. The SMILES string of the molecule is CCc1ccc2c(CN3CCC[C@@H]3c3cc(OC)ccc3OC)cc(=O)oc2c1. The summed E-state index contributed by atoms with van der Waals surface area (Å²) in [6.07, 6.45) is 3.06. The first-order valence-electron chi connectivity index (χ1n) is 10.1. The largest absolute Gasteiger partial charge is 0.497 e. The second-order valence-electron chi connectivity index (χ2n) is 7.51. The second-order valence-corrected chi connectivity index (χ2v) is 7.51. The fourth-order valence-electron chi connectivity index (χ4n) is 4.31. The van der Waals surface area contributed by atoms with Crippen LogP contribution in [0.1, 0.15) is 42.5 Å². The zero-order valence-corrected chi connectivity index (χ0v) is 17.2. The Hall–Kier alpha value is -2.79. The van der Waals surface area contributed by atoms with Gasteiger partial charge in [0.15, 0.2) is 0 Å². The Kier molecular flexibility index (Phi) is 5.58. The Morgan fingerprint density at radius 1 is 1.10 bits per heavy atom. The van der Waals surface area contributed by atoms with Crippen molar-refractivity contribution in [3.05, 3.63) is 69.6 Å². The molecule has 1 aliphatic heterocycles. The van der Waals surface area contributed by atoms with Gasteiger partial charge in [0, 0.05) is 29.6 Å². The molecule has 4 rings (SSSR count). The lowest BCUT2D eigenvalue weighted by Crippen LogP contribution is -2.24. The van der Waals surface area contributed by atoms with Gasteiger partial charge in [-0.25, -0.2) is 4.79 Å². The molecule has 1 aromatic heterocycles. The number of fused-ring (bicyclic) bond motifs is 1. The number of methoxy groups -OCH3 is 2. The maximum atomic E-state index is 12.2. The lowest BCUT2D eigenvalue weighted by atomic mass is 10.0. The quantitative estimate of drug-likeness (QED) is 0.568. The minimum Gasteiger partial charge on any atom is -0.497 e. The highest BCUT2D eigenvalue weighted by Crippen LogP contribution is 2.40. The van der Waals surface area contributed by atoms with Gasteiger partial charge in [0.1, 0.15) is 17.1 Å². The molecular weight excluding hydrogens is 366 g/mol. The topological polar surface area (TPSA) is 51.9 Å². The average molecular weight is 393 g/mol. The molecule has 1 aliphatic rings. The van der Waals surface area contributed by atoms with Crippen LogP contribution in [0.5, 0.6) is 11.5 Å². The van der Waals surface area contributed by atoms with Crippen LogP contribution in [0.25, 0.3) is 11.0 Å². The number of ether oxygens (including phenoxy) is 2. The highest BCUT2D eigenvalue weighted by atomic mass is 16.5. The lowest BCUT2D eigenvalue weighted by Gasteiger charge is -2.27. The van der Waals surface area contributed by atoms with E-state index in [1.165, 1.54) is 0 Å². The van der Waals surface area contributed by atoms with Gasteiger partial charge in [0.25, 0.3) is 0 Å². The Morgan fingerprint density at radius 2 is 1.97 bits per heavy atom. The van der Waals surface area contributed by atoms with Crippen molar-refractivity contribution in [2.75, 3.05) is 20.8 Å². The molecule has 152 valence electrons.